The molecule has 0 spiro atoms. The normalized spacial score (nSPS) is 24.9. The van der Waals surface area contributed by atoms with Crippen molar-refractivity contribution in [3.05, 3.63) is 30.0 Å². The number of nitrogens with zero attached hydrogens (tertiary/aromatic N) is 1. The molecule has 28 heavy (non-hydrogen) atoms. The lowest BCUT2D eigenvalue weighted by molar-refractivity contribution is -0.149. The molecule has 2 N–H and O–H groups in total. The minimum atomic E-state index is -0.779. The summed E-state index contributed by atoms with van der Waals surface area (Å²) < 4.78 is 11.6. The molecule has 1 aliphatic heterocycles. The lowest BCUT2D eigenvalue weighted by atomic mass is 9.81. The number of para-hydroxylation sites is 1. The molecule has 2 aliphatic rings. The number of likely N-dealkylation sites (tertiary alicyclic amines) is 1. The number of carboxylic acid groups (broad SMARTS) is 1. The largest absolute Gasteiger partial charge is 0.490 e. The summed E-state index contributed by atoms with van der Waals surface area (Å²) in [4.78, 5) is 26.2. The van der Waals surface area contributed by atoms with E-state index >= 15 is 0 Å². The minimum Gasteiger partial charge on any atom is -0.490 e. The van der Waals surface area contributed by atoms with Gasteiger partial charge in [0.2, 0.25) is 0 Å². The fraction of sp³-hybridized carbons (Fsp3) is 0.524. The van der Waals surface area contributed by atoms with E-state index < -0.39 is 11.4 Å². The highest BCUT2D eigenvalue weighted by Gasteiger charge is 2.55. The Balaban J connectivity index is 1.47. The molecule has 2 fully saturated rings. The lowest BCUT2D eigenvalue weighted by Gasteiger charge is -2.24. The number of amides is 2. The van der Waals surface area contributed by atoms with Gasteiger partial charge in [0.05, 0.1) is 18.1 Å². The van der Waals surface area contributed by atoms with Gasteiger partial charge in [-0.25, -0.2) is 4.79 Å². The van der Waals surface area contributed by atoms with Crippen LogP contribution in [0.5, 0.6) is 5.75 Å². The molecule has 2 amide bonds. The maximum atomic E-state index is 12.8. The molecule has 2 heterocycles. The van der Waals surface area contributed by atoms with Crippen LogP contribution in [0.1, 0.15) is 44.9 Å². The summed E-state index contributed by atoms with van der Waals surface area (Å²) in [7, 11) is 0. The van der Waals surface area contributed by atoms with Gasteiger partial charge < -0.3 is 24.5 Å². The van der Waals surface area contributed by atoms with Gasteiger partial charge in [0.1, 0.15) is 5.76 Å². The average molecular weight is 386 g/mol. The van der Waals surface area contributed by atoms with E-state index in [2.05, 4.69) is 5.32 Å². The Labute approximate surface area is 163 Å². The first kappa shape index (κ1) is 18.7. The van der Waals surface area contributed by atoms with Crippen LogP contribution in [0, 0.1) is 11.3 Å². The van der Waals surface area contributed by atoms with Gasteiger partial charge in [-0.2, -0.15) is 0 Å². The van der Waals surface area contributed by atoms with Crippen molar-refractivity contribution in [3.63, 3.8) is 0 Å². The number of rotatable bonds is 5. The molecule has 1 aliphatic carbocycles. The summed E-state index contributed by atoms with van der Waals surface area (Å²) in [5.74, 6) is 0.591. The standard InChI is InChI=1S/C21H26N2O5/c1-3-27-16-8-4-6-14-10-17(28-18(14)16)13(2)22-20(26)23-11-15-7-5-9-21(15,12-23)19(24)25/h4,6,8,10,13,15H,3,5,7,9,11-12H2,1-2H3,(H,22,26)(H,24,25)/t13?,15-,21+/m0/s1. The van der Waals surface area contributed by atoms with Crippen LogP contribution in [-0.4, -0.2) is 41.7 Å². The zero-order valence-corrected chi connectivity index (χ0v) is 16.2. The maximum absolute atomic E-state index is 12.8. The molecular formula is C21H26N2O5. The number of carboxylic acids is 1. The summed E-state index contributed by atoms with van der Waals surface area (Å²) in [6, 6.07) is 7.03. The van der Waals surface area contributed by atoms with Crippen molar-refractivity contribution in [1.82, 2.24) is 10.2 Å². The zero-order chi connectivity index (χ0) is 19.9. The van der Waals surface area contributed by atoms with Crippen molar-refractivity contribution in [2.75, 3.05) is 19.7 Å². The van der Waals surface area contributed by atoms with E-state index in [4.69, 9.17) is 9.15 Å². The van der Waals surface area contributed by atoms with Crippen molar-refractivity contribution < 1.29 is 23.8 Å². The quantitative estimate of drug-likeness (QED) is 0.816. The van der Waals surface area contributed by atoms with Gasteiger partial charge in [0.15, 0.2) is 11.3 Å². The van der Waals surface area contributed by atoms with Crippen LogP contribution in [0.15, 0.2) is 28.7 Å². The number of furan rings is 1. The first-order valence-electron chi connectivity index (χ1n) is 9.88. The summed E-state index contributed by atoms with van der Waals surface area (Å²) in [5, 5.41) is 13.6. The number of benzene rings is 1. The number of carbonyl (C=O) groups excluding carboxylic acids is 1. The van der Waals surface area contributed by atoms with Gasteiger partial charge in [-0.1, -0.05) is 18.6 Å². The summed E-state index contributed by atoms with van der Waals surface area (Å²) in [6.07, 6.45) is 2.44. The summed E-state index contributed by atoms with van der Waals surface area (Å²) in [6.45, 7) is 5.10. The molecule has 1 saturated heterocycles. The number of hydrogen-bond acceptors (Lipinski definition) is 4. The molecule has 150 valence electrons. The SMILES string of the molecule is CCOc1cccc2cc(C(C)NC(=O)N3C[C@@H]4CCC[C@@]4(C(=O)O)C3)oc12. The van der Waals surface area contributed by atoms with Crippen LogP contribution in [0.25, 0.3) is 11.0 Å². The minimum absolute atomic E-state index is 0.0472. The van der Waals surface area contributed by atoms with Crippen molar-refractivity contribution in [3.8, 4) is 5.75 Å². The van der Waals surface area contributed by atoms with Crippen molar-refractivity contribution in [1.29, 1.82) is 0 Å². The zero-order valence-electron chi connectivity index (χ0n) is 16.2. The smallest absolute Gasteiger partial charge is 0.318 e. The monoisotopic (exact) mass is 386 g/mol. The Hall–Kier alpha value is -2.70. The third-order valence-electron chi connectivity index (χ3n) is 6.18. The molecule has 4 rings (SSSR count). The Kier molecular flexibility index (Phi) is 4.69. The van der Waals surface area contributed by atoms with Crippen molar-refractivity contribution >= 4 is 23.0 Å². The number of ether oxygens (including phenoxy) is 1. The van der Waals surface area contributed by atoms with Crippen LogP contribution < -0.4 is 10.1 Å². The topological polar surface area (TPSA) is 92.0 Å². The Bertz CT molecular complexity index is 907. The van der Waals surface area contributed by atoms with Crippen molar-refractivity contribution in [2.45, 2.75) is 39.2 Å². The molecule has 1 aromatic carbocycles. The van der Waals surface area contributed by atoms with Crippen LogP contribution in [0.4, 0.5) is 4.79 Å². The van der Waals surface area contributed by atoms with Crippen LogP contribution in [0.2, 0.25) is 0 Å². The van der Waals surface area contributed by atoms with Gasteiger partial charge in [-0.05, 0) is 44.7 Å². The highest BCUT2D eigenvalue weighted by molar-refractivity contribution is 5.84. The van der Waals surface area contributed by atoms with Gasteiger partial charge in [0.25, 0.3) is 0 Å². The van der Waals surface area contributed by atoms with Crippen molar-refractivity contribution in [2.24, 2.45) is 11.3 Å². The Morgan fingerprint density at radius 1 is 1.46 bits per heavy atom. The van der Waals surface area contributed by atoms with E-state index in [1.165, 1.54) is 0 Å². The molecule has 0 radical (unpaired) electrons. The number of urea groups is 1. The first-order valence-corrected chi connectivity index (χ1v) is 9.88. The number of carbonyl (C=O) groups is 2. The van der Waals surface area contributed by atoms with Gasteiger partial charge in [-0.3, -0.25) is 4.79 Å². The number of hydrogen-bond donors (Lipinski definition) is 2. The fourth-order valence-electron chi connectivity index (χ4n) is 4.68. The van der Waals surface area contributed by atoms with E-state index in [9.17, 15) is 14.7 Å². The molecule has 1 unspecified atom stereocenters. The van der Waals surface area contributed by atoms with E-state index in [1.807, 2.05) is 38.1 Å². The lowest BCUT2D eigenvalue weighted by Crippen LogP contribution is -2.42. The van der Waals surface area contributed by atoms with E-state index in [0.29, 0.717) is 36.7 Å². The van der Waals surface area contributed by atoms with E-state index in [-0.39, 0.29) is 24.5 Å². The predicted octanol–water partition coefficient (Wildman–Crippen LogP) is 3.79. The second-order valence-electron chi connectivity index (χ2n) is 7.86. The molecule has 3 atom stereocenters. The third kappa shape index (κ3) is 2.99. The molecule has 2 aromatic rings. The number of aliphatic carboxylic acids is 1. The van der Waals surface area contributed by atoms with Crippen LogP contribution in [-0.2, 0) is 4.79 Å². The molecule has 1 aromatic heterocycles. The van der Waals surface area contributed by atoms with E-state index in [1.54, 1.807) is 4.90 Å². The highest BCUT2D eigenvalue weighted by Crippen LogP contribution is 2.48. The molecule has 7 heteroatoms. The second kappa shape index (κ2) is 7.04. The number of fused-ring (bicyclic) bond motifs is 2. The molecule has 1 saturated carbocycles. The average Bonchev–Trinajstić information content (AvgIpc) is 3.34. The Morgan fingerprint density at radius 2 is 2.29 bits per heavy atom. The maximum Gasteiger partial charge on any atom is 0.318 e. The second-order valence-corrected chi connectivity index (χ2v) is 7.86. The van der Waals surface area contributed by atoms with Gasteiger partial charge in [0, 0.05) is 18.5 Å². The fourth-order valence-corrected chi connectivity index (χ4v) is 4.68. The highest BCUT2D eigenvalue weighted by atomic mass is 16.5. The number of nitrogens with one attached hydrogen (secondary N) is 1. The predicted molar refractivity (Wildman–Crippen MR) is 103 cm³/mol. The molecular weight excluding hydrogens is 360 g/mol. The molecule has 0 bridgehead atoms. The van der Waals surface area contributed by atoms with E-state index in [0.717, 1.165) is 18.2 Å². The summed E-state index contributed by atoms with van der Waals surface area (Å²) >= 11 is 0. The molecule has 7 nitrogen and oxygen atoms in total. The van der Waals surface area contributed by atoms with Gasteiger partial charge >= 0.3 is 12.0 Å². The van der Waals surface area contributed by atoms with Crippen LogP contribution >= 0.6 is 0 Å². The summed E-state index contributed by atoms with van der Waals surface area (Å²) in [5.41, 5.74) is -0.104. The Morgan fingerprint density at radius 3 is 3.00 bits per heavy atom. The van der Waals surface area contributed by atoms with Gasteiger partial charge in [-0.15, -0.1) is 0 Å². The van der Waals surface area contributed by atoms with Crippen LogP contribution in [0.3, 0.4) is 0 Å². The third-order valence-corrected chi connectivity index (χ3v) is 6.18. The first-order chi connectivity index (χ1) is 13.4.